The lowest BCUT2D eigenvalue weighted by molar-refractivity contribution is -0.142. The second-order valence-electron chi connectivity index (χ2n) is 13.9. The van der Waals surface area contributed by atoms with Gasteiger partial charge in [0.25, 0.3) is 0 Å². The molecular weight excluding hydrogens is 502 g/mol. The number of alkyl carbamates (subject to hydrolysis) is 1. The van der Waals surface area contributed by atoms with Gasteiger partial charge in [0.05, 0.1) is 12.1 Å². The number of rotatable bonds is 0. The average Bonchev–Trinajstić information content (AvgIpc) is 3.55. The number of amides is 1. The van der Waals surface area contributed by atoms with Crippen LogP contribution in [-0.2, 0) is 24.6 Å². The molecule has 0 bridgehead atoms. The van der Waals surface area contributed by atoms with Crippen LogP contribution in [0.2, 0.25) is 0 Å². The summed E-state index contributed by atoms with van der Waals surface area (Å²) in [6.45, 7) is 25.3. The maximum absolute atomic E-state index is 10.6. The molecule has 0 saturated carbocycles. The molecule has 3 aliphatic heterocycles. The predicted octanol–water partition coefficient (Wildman–Crippen LogP) is 5.66. The number of cyclic esters (lactones) is 2. The molecule has 3 unspecified atom stereocenters. The van der Waals surface area contributed by atoms with Gasteiger partial charge in [-0.2, -0.15) is 0 Å². The van der Waals surface area contributed by atoms with Gasteiger partial charge in [-0.15, -0.1) is 0 Å². The van der Waals surface area contributed by atoms with E-state index in [1.165, 1.54) is 16.9 Å². The van der Waals surface area contributed by atoms with Crippen molar-refractivity contribution in [1.29, 1.82) is 0 Å². The van der Waals surface area contributed by atoms with Gasteiger partial charge in [-0.05, 0) is 26.8 Å². The highest BCUT2D eigenvalue weighted by molar-refractivity contribution is 5.84. The quantitative estimate of drug-likeness (QED) is 0.413. The number of carbonyl (C=O) groups excluding carboxylic acids is 2. The molecule has 10 nitrogen and oxygen atoms in total. The Morgan fingerprint density at radius 3 is 1.64 bits per heavy atom. The second kappa shape index (κ2) is 13.3. The molecular formula is C29H49N3O7. The predicted molar refractivity (Wildman–Crippen MR) is 152 cm³/mol. The summed E-state index contributed by atoms with van der Waals surface area (Å²) >= 11 is 0. The van der Waals surface area contributed by atoms with Gasteiger partial charge in [0.2, 0.25) is 0 Å². The molecule has 0 aromatic carbocycles. The lowest BCUT2D eigenvalue weighted by Crippen LogP contribution is -2.29. The molecule has 1 N–H and O–H groups in total. The summed E-state index contributed by atoms with van der Waals surface area (Å²) in [7, 11) is 0. The van der Waals surface area contributed by atoms with Crippen LogP contribution in [0.5, 0.6) is 0 Å². The van der Waals surface area contributed by atoms with Gasteiger partial charge in [-0.1, -0.05) is 67.5 Å². The summed E-state index contributed by atoms with van der Waals surface area (Å²) in [4.78, 5) is 36.8. The summed E-state index contributed by atoms with van der Waals surface area (Å²) in [6.07, 6.45) is 7.71. The number of carbonyl (C=O) groups is 2. The van der Waals surface area contributed by atoms with Crippen LogP contribution >= 0.6 is 0 Å². The van der Waals surface area contributed by atoms with Gasteiger partial charge in [-0.25, -0.2) is 19.1 Å². The van der Waals surface area contributed by atoms with Gasteiger partial charge in [0.1, 0.15) is 18.3 Å². The van der Waals surface area contributed by atoms with Crippen LogP contribution in [0.4, 0.5) is 4.79 Å². The van der Waals surface area contributed by atoms with E-state index in [-0.39, 0.29) is 57.8 Å². The fourth-order valence-corrected chi connectivity index (χ4v) is 3.16. The summed E-state index contributed by atoms with van der Waals surface area (Å²) in [5, 5.41) is 6.32. The van der Waals surface area contributed by atoms with E-state index in [1.807, 2.05) is 53.8 Å². The monoisotopic (exact) mass is 551 g/mol. The second-order valence-corrected chi connectivity index (χ2v) is 13.9. The zero-order valence-electron chi connectivity index (χ0n) is 25.8. The van der Waals surface area contributed by atoms with Crippen molar-refractivity contribution in [3.63, 3.8) is 0 Å². The normalized spacial score (nSPS) is 22.2. The highest BCUT2D eigenvalue weighted by atomic mass is 16.6. The first-order valence-corrected chi connectivity index (χ1v) is 13.3. The minimum Gasteiger partial charge on any atom is -0.454 e. The van der Waals surface area contributed by atoms with E-state index in [0.717, 1.165) is 6.42 Å². The Bertz CT molecular complexity index is 1030. The fraction of sp³-hybridized carbons (Fsp3) is 0.724. The smallest absolute Gasteiger partial charge is 0.407 e. The third-order valence-electron chi connectivity index (χ3n) is 5.89. The third kappa shape index (κ3) is 12.6. The molecule has 1 aromatic heterocycles. The van der Waals surface area contributed by atoms with Crippen LogP contribution < -0.4 is 10.9 Å². The average molecular weight is 552 g/mol. The number of ether oxygens (including phenoxy) is 2. The van der Waals surface area contributed by atoms with E-state index in [4.69, 9.17) is 18.8 Å². The molecule has 0 spiro atoms. The molecule has 10 heteroatoms. The zero-order valence-corrected chi connectivity index (χ0v) is 25.8. The zero-order chi connectivity index (χ0) is 30.2. The van der Waals surface area contributed by atoms with Crippen LogP contribution in [0.1, 0.15) is 89.5 Å². The SMILES string of the molecule is CC(C)(C)C1C=CC(=O)O1.CC(C)(C)C1CC=NO1.CC(C)(C)C1CNC(=O)O1.CC(C)(C)n1ccc(=O)o1. The fourth-order valence-electron chi connectivity index (χ4n) is 3.16. The van der Waals surface area contributed by atoms with E-state index in [0.29, 0.717) is 6.54 Å². The first-order valence-electron chi connectivity index (χ1n) is 13.3. The van der Waals surface area contributed by atoms with E-state index >= 15 is 0 Å². The largest absolute Gasteiger partial charge is 0.454 e. The van der Waals surface area contributed by atoms with Crippen molar-refractivity contribution in [2.75, 3.05) is 6.54 Å². The van der Waals surface area contributed by atoms with Gasteiger partial charge in [-0.3, -0.25) is 0 Å². The first kappa shape index (κ1) is 34.0. The van der Waals surface area contributed by atoms with Crippen LogP contribution in [0.25, 0.3) is 0 Å². The molecule has 39 heavy (non-hydrogen) atoms. The number of hydrogen-bond acceptors (Lipinski definition) is 8. The van der Waals surface area contributed by atoms with Gasteiger partial charge in [0.15, 0.2) is 0 Å². The lowest BCUT2D eigenvalue weighted by atomic mass is 9.88. The Balaban J connectivity index is 0.000000260. The molecule has 1 amide bonds. The van der Waals surface area contributed by atoms with E-state index in [2.05, 4.69) is 52.0 Å². The van der Waals surface area contributed by atoms with Crippen LogP contribution in [0.15, 0.2) is 38.9 Å². The number of aromatic nitrogens is 1. The third-order valence-corrected chi connectivity index (χ3v) is 5.89. The maximum atomic E-state index is 10.6. The van der Waals surface area contributed by atoms with Gasteiger partial charge in [0, 0.05) is 47.2 Å². The maximum Gasteiger partial charge on any atom is 0.407 e. The summed E-state index contributed by atoms with van der Waals surface area (Å²) < 4.78 is 16.3. The Morgan fingerprint density at radius 1 is 0.846 bits per heavy atom. The molecule has 4 heterocycles. The van der Waals surface area contributed by atoms with E-state index < -0.39 is 0 Å². The number of esters is 1. The molecule has 0 radical (unpaired) electrons. The molecule has 1 aromatic rings. The number of oxime groups is 1. The number of nitrogens with one attached hydrogen (secondary N) is 1. The summed E-state index contributed by atoms with van der Waals surface area (Å²) in [5.74, 6) is -0.222. The van der Waals surface area contributed by atoms with Crippen molar-refractivity contribution in [1.82, 2.24) is 10.1 Å². The van der Waals surface area contributed by atoms with Crippen molar-refractivity contribution >= 4 is 18.3 Å². The van der Waals surface area contributed by atoms with Crippen molar-refractivity contribution < 1.29 is 28.4 Å². The molecule has 3 atom stereocenters. The van der Waals surface area contributed by atoms with Crippen molar-refractivity contribution in [2.24, 2.45) is 21.4 Å². The van der Waals surface area contributed by atoms with Gasteiger partial charge < -0.3 is 24.2 Å². The van der Waals surface area contributed by atoms with E-state index in [1.54, 1.807) is 6.20 Å². The molecule has 1 fully saturated rings. The summed E-state index contributed by atoms with van der Waals surface area (Å²) in [5.41, 5.74) is -0.115. The highest BCUT2D eigenvalue weighted by Gasteiger charge is 2.33. The van der Waals surface area contributed by atoms with Crippen molar-refractivity contribution in [3.8, 4) is 0 Å². The highest BCUT2D eigenvalue weighted by Crippen LogP contribution is 2.27. The number of hydrogen-bond donors (Lipinski definition) is 1. The van der Waals surface area contributed by atoms with Gasteiger partial charge >= 0.3 is 17.7 Å². The lowest BCUT2D eigenvalue weighted by Gasteiger charge is -2.23. The Hall–Kier alpha value is -3.04. The minimum absolute atomic E-state index is 0.0278. The van der Waals surface area contributed by atoms with E-state index in [9.17, 15) is 14.4 Å². The Kier molecular flexibility index (Phi) is 11.6. The summed E-state index contributed by atoms with van der Waals surface area (Å²) in [6, 6.07) is 1.41. The molecule has 3 aliphatic rings. The minimum atomic E-state index is -0.296. The standard InChI is InChI=1S/C8H12O2.C7H13NO2.C7H11NO2.C7H13NO/c1-8(2,3)6-4-5-7(9)10-6;1-7(2,3)5-4-8-6(9)10-5;1-7(2,3)8-5-4-6(9)10-8;1-7(2,3)6-4-5-8-9-6/h4-6H,1-3H3;5H,4H2,1-3H3,(H,8,9);4-5H,1-3H3;5-6H,4H2,1-3H3. The molecule has 4 rings (SSSR count). The van der Waals surface area contributed by atoms with Crippen LogP contribution in [0, 0.1) is 16.2 Å². The van der Waals surface area contributed by atoms with Crippen molar-refractivity contribution in [3.05, 3.63) is 34.8 Å². The molecule has 222 valence electrons. The number of nitrogens with zero attached hydrogens (tertiary/aromatic N) is 2. The Morgan fingerprint density at radius 2 is 1.44 bits per heavy atom. The molecule has 0 aliphatic carbocycles. The van der Waals surface area contributed by atoms with Crippen LogP contribution in [0.3, 0.4) is 0 Å². The first-order chi connectivity index (χ1) is 17.6. The Labute approximate surface area is 233 Å². The van der Waals surface area contributed by atoms with Crippen molar-refractivity contribution in [2.45, 2.75) is 113 Å². The molecule has 1 saturated heterocycles. The topological polar surface area (TPSA) is 121 Å². The van der Waals surface area contributed by atoms with Crippen LogP contribution in [-0.4, -0.2) is 47.9 Å².